The van der Waals surface area contributed by atoms with Crippen LogP contribution in [0.25, 0.3) is 0 Å². The van der Waals surface area contributed by atoms with Gasteiger partial charge in [-0.05, 0) is 49.1 Å². The van der Waals surface area contributed by atoms with Crippen LogP contribution in [0, 0.1) is 0 Å². The van der Waals surface area contributed by atoms with Crippen molar-refractivity contribution in [1.82, 2.24) is 9.88 Å². The summed E-state index contributed by atoms with van der Waals surface area (Å²) in [4.78, 5) is 8.97. The summed E-state index contributed by atoms with van der Waals surface area (Å²) in [6.07, 6.45) is 13.1. The number of halogens is 1. The molecule has 5 nitrogen and oxygen atoms in total. The Morgan fingerprint density at radius 2 is 1.97 bits per heavy atom. The molecular formula is C29H36FN3O2. The van der Waals surface area contributed by atoms with Gasteiger partial charge in [0, 0.05) is 49.7 Å². The highest BCUT2D eigenvalue weighted by atomic mass is 19.1. The van der Waals surface area contributed by atoms with Gasteiger partial charge in [0.1, 0.15) is 17.2 Å². The lowest BCUT2D eigenvalue weighted by Gasteiger charge is -2.41. The van der Waals surface area contributed by atoms with Crippen LogP contribution in [0.4, 0.5) is 15.8 Å². The molecule has 6 heteroatoms. The van der Waals surface area contributed by atoms with Gasteiger partial charge in [0.25, 0.3) is 0 Å². The highest BCUT2D eigenvalue weighted by molar-refractivity contribution is 5.69. The molecule has 0 amide bonds. The van der Waals surface area contributed by atoms with Gasteiger partial charge in [0.2, 0.25) is 6.36 Å². The third kappa shape index (κ3) is 6.75. The molecule has 0 aliphatic carbocycles. The van der Waals surface area contributed by atoms with Gasteiger partial charge in [-0.25, -0.2) is 4.39 Å². The minimum Gasteiger partial charge on any atom is -0.494 e. The average Bonchev–Trinajstić information content (AvgIpc) is 2.87. The first-order valence-electron chi connectivity index (χ1n) is 12.1. The summed E-state index contributed by atoms with van der Waals surface area (Å²) in [6.45, 7) is 13.5. The van der Waals surface area contributed by atoms with E-state index in [0.717, 1.165) is 60.7 Å². The van der Waals surface area contributed by atoms with Crippen molar-refractivity contribution < 1.29 is 13.9 Å². The Kier molecular flexibility index (Phi) is 9.53. The summed E-state index contributed by atoms with van der Waals surface area (Å²) in [5, 5.41) is 0. The topological polar surface area (TPSA) is 37.8 Å². The molecule has 1 aromatic carbocycles. The molecule has 0 saturated carbocycles. The SMILES string of the molecule is C=C/C=C(\C=C/CC)C(=C)N1CCC(N(c2ccc(OC(C)F)cc2)c2cnccc2OC)CC1. The van der Waals surface area contributed by atoms with Crippen LogP contribution in [0.5, 0.6) is 11.5 Å². The number of pyridine rings is 1. The van der Waals surface area contributed by atoms with E-state index in [2.05, 4.69) is 47.0 Å². The van der Waals surface area contributed by atoms with Crippen LogP contribution >= 0.6 is 0 Å². The number of nitrogens with zero attached hydrogens (tertiary/aromatic N) is 3. The molecule has 1 aromatic heterocycles. The number of rotatable bonds is 11. The third-order valence-corrected chi connectivity index (χ3v) is 6.03. The molecule has 1 atom stereocenters. The molecule has 1 saturated heterocycles. The van der Waals surface area contributed by atoms with Gasteiger partial charge >= 0.3 is 0 Å². The second-order valence-electron chi connectivity index (χ2n) is 8.41. The van der Waals surface area contributed by atoms with Gasteiger partial charge in [-0.15, -0.1) is 0 Å². The molecule has 0 radical (unpaired) electrons. The monoisotopic (exact) mass is 477 g/mol. The number of aromatic nitrogens is 1. The fraction of sp³-hybridized carbons (Fsp3) is 0.345. The average molecular weight is 478 g/mol. The fourth-order valence-electron chi connectivity index (χ4n) is 4.34. The minimum absolute atomic E-state index is 0.224. The zero-order valence-electron chi connectivity index (χ0n) is 21.0. The number of methoxy groups -OCH3 is 1. The lowest BCUT2D eigenvalue weighted by atomic mass is 9.99. The smallest absolute Gasteiger partial charge is 0.235 e. The third-order valence-electron chi connectivity index (χ3n) is 6.03. The van der Waals surface area contributed by atoms with Crippen LogP contribution in [-0.2, 0) is 0 Å². The molecule has 1 unspecified atom stereocenters. The van der Waals surface area contributed by atoms with E-state index in [1.165, 1.54) is 6.92 Å². The molecule has 0 spiro atoms. The van der Waals surface area contributed by atoms with Gasteiger partial charge in [-0.3, -0.25) is 4.98 Å². The summed E-state index contributed by atoms with van der Waals surface area (Å²) >= 11 is 0. The largest absolute Gasteiger partial charge is 0.494 e. The molecule has 3 rings (SSSR count). The van der Waals surface area contributed by atoms with Crippen molar-refractivity contribution in [2.75, 3.05) is 25.1 Å². The standard InChI is InChI=1S/C29H36FN3O2/c1-6-8-10-24(9-7-2)22(3)32-19-16-26(17-20-32)33(28-21-31-18-15-29(28)34-5)25-11-13-27(14-12-25)35-23(4)30/h7-15,18,21,23,26H,2-3,6,16-17,19-20H2,1,4-5H3/b10-8-,24-9+. The first-order valence-corrected chi connectivity index (χ1v) is 12.1. The summed E-state index contributed by atoms with van der Waals surface area (Å²) in [5.74, 6) is 1.25. The molecule has 35 heavy (non-hydrogen) atoms. The van der Waals surface area contributed by atoms with Crippen LogP contribution < -0.4 is 14.4 Å². The Balaban J connectivity index is 1.85. The lowest BCUT2D eigenvalue weighted by Crippen LogP contribution is -2.43. The van der Waals surface area contributed by atoms with E-state index in [4.69, 9.17) is 9.47 Å². The van der Waals surface area contributed by atoms with Crippen molar-refractivity contribution in [3.05, 3.63) is 91.5 Å². The van der Waals surface area contributed by atoms with Crippen molar-refractivity contribution in [3.63, 3.8) is 0 Å². The fourth-order valence-corrected chi connectivity index (χ4v) is 4.34. The maximum atomic E-state index is 13.3. The zero-order valence-corrected chi connectivity index (χ0v) is 21.0. The summed E-state index contributed by atoms with van der Waals surface area (Å²) in [7, 11) is 1.67. The highest BCUT2D eigenvalue weighted by Gasteiger charge is 2.29. The number of benzene rings is 1. The number of hydrogen-bond donors (Lipinski definition) is 0. The van der Waals surface area contributed by atoms with Gasteiger partial charge in [0.15, 0.2) is 0 Å². The van der Waals surface area contributed by atoms with E-state index in [1.54, 1.807) is 31.5 Å². The highest BCUT2D eigenvalue weighted by Crippen LogP contribution is 2.38. The van der Waals surface area contributed by atoms with Crippen LogP contribution in [0.3, 0.4) is 0 Å². The van der Waals surface area contributed by atoms with Crippen molar-refractivity contribution in [1.29, 1.82) is 0 Å². The van der Waals surface area contributed by atoms with Gasteiger partial charge in [-0.1, -0.05) is 44.4 Å². The van der Waals surface area contributed by atoms with E-state index < -0.39 is 6.36 Å². The van der Waals surface area contributed by atoms with Crippen molar-refractivity contribution in [3.8, 4) is 11.5 Å². The van der Waals surface area contributed by atoms with E-state index in [1.807, 2.05) is 30.5 Å². The molecule has 0 N–H and O–H groups in total. The van der Waals surface area contributed by atoms with Crippen molar-refractivity contribution >= 4 is 11.4 Å². The molecule has 1 fully saturated rings. The number of anilines is 2. The molecule has 1 aliphatic heterocycles. The van der Waals surface area contributed by atoms with Crippen LogP contribution in [0.15, 0.2) is 91.5 Å². The molecule has 1 aliphatic rings. The van der Waals surface area contributed by atoms with Gasteiger partial charge in [-0.2, -0.15) is 0 Å². The van der Waals surface area contributed by atoms with Crippen LogP contribution in [-0.4, -0.2) is 42.5 Å². The number of alkyl halides is 1. The van der Waals surface area contributed by atoms with Crippen LogP contribution in [0.2, 0.25) is 0 Å². The first kappa shape index (κ1) is 26.1. The maximum Gasteiger partial charge on any atom is 0.235 e. The predicted molar refractivity (Wildman–Crippen MR) is 142 cm³/mol. The minimum atomic E-state index is -1.36. The van der Waals surface area contributed by atoms with Gasteiger partial charge in [0.05, 0.1) is 13.3 Å². The second-order valence-corrected chi connectivity index (χ2v) is 8.41. The molecule has 0 bridgehead atoms. The Labute approximate surface area is 208 Å². The van der Waals surface area contributed by atoms with E-state index >= 15 is 0 Å². The first-order chi connectivity index (χ1) is 17.0. The quantitative estimate of drug-likeness (QED) is 0.326. The summed E-state index contributed by atoms with van der Waals surface area (Å²) in [5.41, 5.74) is 3.98. The van der Waals surface area contributed by atoms with E-state index in [-0.39, 0.29) is 6.04 Å². The number of hydrogen-bond acceptors (Lipinski definition) is 5. The molecule has 186 valence electrons. The Bertz CT molecular complexity index is 1040. The second kappa shape index (κ2) is 12.8. The van der Waals surface area contributed by atoms with E-state index in [0.29, 0.717) is 5.75 Å². The normalized spacial score (nSPS) is 15.7. The molecule has 2 heterocycles. The number of allylic oxidation sites excluding steroid dienone is 4. The van der Waals surface area contributed by atoms with Crippen molar-refractivity contribution in [2.24, 2.45) is 0 Å². The van der Waals surface area contributed by atoms with Crippen molar-refractivity contribution in [2.45, 2.75) is 45.5 Å². The van der Waals surface area contributed by atoms with Gasteiger partial charge < -0.3 is 19.3 Å². The predicted octanol–water partition coefficient (Wildman–Crippen LogP) is 6.98. The Hall–Kier alpha value is -3.54. The number of ether oxygens (including phenoxy) is 2. The molecule has 2 aromatic rings. The number of piperidine rings is 1. The lowest BCUT2D eigenvalue weighted by molar-refractivity contribution is 0.0861. The molecular weight excluding hydrogens is 441 g/mol. The summed E-state index contributed by atoms with van der Waals surface area (Å²) < 4.78 is 24.2. The number of likely N-dealkylation sites (tertiary alicyclic amines) is 1. The Morgan fingerprint density at radius 1 is 1.26 bits per heavy atom. The zero-order chi connectivity index (χ0) is 25.2. The van der Waals surface area contributed by atoms with Crippen LogP contribution in [0.1, 0.15) is 33.1 Å². The summed E-state index contributed by atoms with van der Waals surface area (Å²) in [6, 6.07) is 9.59. The Morgan fingerprint density at radius 3 is 2.57 bits per heavy atom. The maximum absolute atomic E-state index is 13.3. The van der Waals surface area contributed by atoms with E-state index in [9.17, 15) is 4.39 Å².